The van der Waals surface area contributed by atoms with Gasteiger partial charge in [0, 0.05) is 6.20 Å². The lowest BCUT2D eigenvalue weighted by atomic mass is 10.3. The van der Waals surface area contributed by atoms with E-state index in [-0.39, 0.29) is 18.8 Å². The van der Waals surface area contributed by atoms with E-state index in [1.807, 2.05) is 0 Å². The van der Waals surface area contributed by atoms with E-state index in [1.165, 1.54) is 0 Å². The summed E-state index contributed by atoms with van der Waals surface area (Å²) in [4.78, 5) is 27.5. The fraction of sp³-hybridized carbons (Fsp3) is 0.600. The number of nitrogens with one attached hydrogen (secondary N) is 1. The number of hydrogen-bond acceptors (Lipinski definition) is 6. The highest BCUT2D eigenvalue weighted by Crippen LogP contribution is 2.00. The Morgan fingerprint density at radius 3 is 1.88 bits per heavy atom. The summed E-state index contributed by atoms with van der Waals surface area (Å²) in [5, 5.41) is 0. The zero-order valence-electron chi connectivity index (χ0n) is 9.74. The number of carbonyl (C=O) groups excluding carboxylic acids is 2. The summed E-state index contributed by atoms with van der Waals surface area (Å²) in [6.07, 6.45) is 1.12. The summed E-state index contributed by atoms with van der Waals surface area (Å²) >= 11 is 0. The van der Waals surface area contributed by atoms with E-state index in [2.05, 4.69) is 5.48 Å². The van der Waals surface area contributed by atoms with Crippen LogP contribution in [0.1, 0.15) is 20.8 Å². The Hall–Kier alpha value is -1.56. The lowest BCUT2D eigenvalue weighted by molar-refractivity contribution is -0.146. The minimum Gasteiger partial charge on any atom is -0.462 e. The van der Waals surface area contributed by atoms with Crippen LogP contribution < -0.4 is 5.48 Å². The molecule has 0 aliphatic heterocycles. The van der Waals surface area contributed by atoms with Gasteiger partial charge in [0.2, 0.25) is 0 Å². The molecule has 6 nitrogen and oxygen atoms in total. The topological polar surface area (TPSA) is 73.9 Å². The van der Waals surface area contributed by atoms with Gasteiger partial charge in [-0.15, -0.1) is 0 Å². The maximum absolute atomic E-state index is 11.4. The molecule has 0 aliphatic carbocycles. The normalized spacial score (nSPS) is 9.19. The van der Waals surface area contributed by atoms with Crippen LogP contribution in [0.2, 0.25) is 0 Å². The highest BCUT2D eigenvalue weighted by atomic mass is 16.6. The first-order valence-corrected chi connectivity index (χ1v) is 5.09. The minimum absolute atomic E-state index is 0.185. The molecule has 6 heteroatoms. The zero-order valence-corrected chi connectivity index (χ0v) is 9.74. The maximum Gasteiger partial charge on any atom is 0.347 e. The summed E-state index contributed by atoms with van der Waals surface area (Å²) in [6.45, 7) is 5.83. The minimum atomic E-state index is -0.742. The lowest BCUT2D eigenvalue weighted by Gasteiger charge is -2.06. The standard InChI is InChI=1S/C10H17NO5/c1-4-14-9(12)8(7-11-16-6-3)10(13)15-5-2/h7,11H,4-6H2,1-3H3. The molecule has 1 N–H and O–H groups in total. The molecule has 0 fully saturated rings. The first-order chi connectivity index (χ1) is 7.67. The Labute approximate surface area is 94.5 Å². The molecular formula is C10H17NO5. The first kappa shape index (κ1) is 14.4. The molecule has 0 amide bonds. The van der Waals surface area contributed by atoms with Crippen LogP contribution in [0.4, 0.5) is 0 Å². The first-order valence-electron chi connectivity index (χ1n) is 5.09. The predicted molar refractivity (Wildman–Crippen MR) is 56.1 cm³/mol. The summed E-state index contributed by atoms with van der Waals surface area (Å²) in [7, 11) is 0. The molecule has 16 heavy (non-hydrogen) atoms. The largest absolute Gasteiger partial charge is 0.462 e. The van der Waals surface area contributed by atoms with Gasteiger partial charge in [-0.3, -0.25) is 10.3 Å². The molecule has 0 unspecified atom stereocenters. The van der Waals surface area contributed by atoms with E-state index in [0.717, 1.165) is 6.20 Å². The fourth-order valence-electron chi connectivity index (χ4n) is 0.803. The van der Waals surface area contributed by atoms with Crippen molar-refractivity contribution in [2.75, 3.05) is 19.8 Å². The van der Waals surface area contributed by atoms with Crippen molar-refractivity contribution in [1.82, 2.24) is 5.48 Å². The molecule has 0 aromatic rings. The summed E-state index contributed by atoms with van der Waals surface area (Å²) < 4.78 is 9.40. The Kier molecular flexibility index (Phi) is 7.87. The molecule has 0 spiro atoms. The van der Waals surface area contributed by atoms with Gasteiger partial charge in [-0.2, -0.15) is 0 Å². The summed E-state index contributed by atoms with van der Waals surface area (Å²) in [5.41, 5.74) is 2.13. The molecule has 0 aliphatic rings. The molecular weight excluding hydrogens is 214 g/mol. The predicted octanol–water partition coefficient (Wildman–Crippen LogP) is 0.538. The summed E-state index contributed by atoms with van der Waals surface area (Å²) in [6, 6.07) is 0. The average Bonchev–Trinajstić information content (AvgIpc) is 2.25. The molecule has 0 radical (unpaired) electrons. The highest BCUT2D eigenvalue weighted by molar-refractivity contribution is 6.13. The molecule has 0 atom stereocenters. The van der Waals surface area contributed by atoms with Crippen molar-refractivity contribution in [3.05, 3.63) is 11.8 Å². The highest BCUT2D eigenvalue weighted by Gasteiger charge is 2.20. The van der Waals surface area contributed by atoms with Crippen molar-refractivity contribution in [3.8, 4) is 0 Å². The number of ether oxygens (including phenoxy) is 2. The van der Waals surface area contributed by atoms with E-state index in [4.69, 9.17) is 14.3 Å². The molecule has 0 aromatic heterocycles. The third-order valence-electron chi connectivity index (χ3n) is 1.42. The fourth-order valence-corrected chi connectivity index (χ4v) is 0.803. The SMILES string of the molecule is CCONC=C(C(=O)OCC)C(=O)OCC. The molecule has 0 heterocycles. The molecule has 0 saturated heterocycles. The van der Waals surface area contributed by atoms with Crippen LogP contribution in [0.3, 0.4) is 0 Å². The number of carbonyl (C=O) groups is 2. The third-order valence-corrected chi connectivity index (χ3v) is 1.42. The van der Waals surface area contributed by atoms with E-state index in [0.29, 0.717) is 6.61 Å². The second-order valence-corrected chi connectivity index (χ2v) is 2.55. The van der Waals surface area contributed by atoms with Crippen LogP contribution in [0, 0.1) is 0 Å². The Bertz CT molecular complexity index is 242. The van der Waals surface area contributed by atoms with Crippen molar-refractivity contribution in [2.24, 2.45) is 0 Å². The van der Waals surface area contributed by atoms with Crippen molar-refractivity contribution in [1.29, 1.82) is 0 Å². The Balaban J connectivity index is 4.55. The Morgan fingerprint density at radius 1 is 1.00 bits per heavy atom. The molecule has 0 rings (SSSR count). The van der Waals surface area contributed by atoms with Gasteiger partial charge in [0.25, 0.3) is 0 Å². The number of esters is 2. The molecule has 92 valence electrons. The number of hydroxylamine groups is 1. The van der Waals surface area contributed by atoms with E-state index < -0.39 is 11.9 Å². The van der Waals surface area contributed by atoms with Crippen LogP contribution in [0.25, 0.3) is 0 Å². The van der Waals surface area contributed by atoms with Gasteiger partial charge in [0.15, 0.2) is 5.57 Å². The molecule has 0 saturated carbocycles. The van der Waals surface area contributed by atoms with E-state index in [9.17, 15) is 9.59 Å². The van der Waals surface area contributed by atoms with E-state index >= 15 is 0 Å². The summed E-state index contributed by atoms with van der Waals surface area (Å²) in [5.74, 6) is -1.48. The van der Waals surface area contributed by atoms with Gasteiger partial charge in [-0.25, -0.2) is 9.59 Å². The van der Waals surface area contributed by atoms with Gasteiger partial charge >= 0.3 is 11.9 Å². The average molecular weight is 231 g/mol. The van der Waals surface area contributed by atoms with Crippen LogP contribution >= 0.6 is 0 Å². The van der Waals surface area contributed by atoms with Crippen molar-refractivity contribution in [3.63, 3.8) is 0 Å². The van der Waals surface area contributed by atoms with Crippen LogP contribution in [-0.4, -0.2) is 31.8 Å². The second kappa shape index (κ2) is 8.72. The van der Waals surface area contributed by atoms with E-state index in [1.54, 1.807) is 20.8 Å². The maximum atomic E-state index is 11.4. The second-order valence-electron chi connectivity index (χ2n) is 2.55. The number of hydrogen-bond donors (Lipinski definition) is 1. The number of rotatable bonds is 7. The van der Waals surface area contributed by atoms with Crippen LogP contribution in [0.15, 0.2) is 11.8 Å². The quantitative estimate of drug-likeness (QED) is 0.172. The van der Waals surface area contributed by atoms with Gasteiger partial charge in [0.05, 0.1) is 19.8 Å². The van der Waals surface area contributed by atoms with Crippen molar-refractivity contribution >= 4 is 11.9 Å². The van der Waals surface area contributed by atoms with Gasteiger partial charge in [0.1, 0.15) is 0 Å². The van der Waals surface area contributed by atoms with Crippen molar-refractivity contribution in [2.45, 2.75) is 20.8 Å². The molecule has 0 bridgehead atoms. The Morgan fingerprint density at radius 2 is 1.50 bits per heavy atom. The smallest absolute Gasteiger partial charge is 0.347 e. The van der Waals surface area contributed by atoms with Gasteiger partial charge in [-0.1, -0.05) is 0 Å². The van der Waals surface area contributed by atoms with Gasteiger partial charge < -0.3 is 9.47 Å². The zero-order chi connectivity index (χ0) is 12.4. The third kappa shape index (κ3) is 5.35. The van der Waals surface area contributed by atoms with Crippen LogP contribution in [-0.2, 0) is 23.9 Å². The van der Waals surface area contributed by atoms with Crippen LogP contribution in [0.5, 0.6) is 0 Å². The molecule has 0 aromatic carbocycles. The van der Waals surface area contributed by atoms with Crippen molar-refractivity contribution < 1.29 is 23.9 Å². The van der Waals surface area contributed by atoms with Gasteiger partial charge in [-0.05, 0) is 20.8 Å². The lowest BCUT2D eigenvalue weighted by Crippen LogP contribution is -2.21. The monoisotopic (exact) mass is 231 g/mol.